The van der Waals surface area contributed by atoms with E-state index in [1.54, 1.807) is 6.07 Å². The number of rotatable bonds is 6. The van der Waals surface area contributed by atoms with Crippen LogP contribution in [-0.4, -0.2) is 15.0 Å². The van der Waals surface area contributed by atoms with Crippen molar-refractivity contribution in [2.75, 3.05) is 11.3 Å². The van der Waals surface area contributed by atoms with Crippen molar-refractivity contribution in [2.24, 2.45) is 0 Å². The number of nitrogens with one attached hydrogen (secondary N) is 2. The Morgan fingerprint density at radius 3 is 2.76 bits per heavy atom. The standard InChI is InChI=1S/C13H14ClFN2O3S/c1-2-16-8-10-4-6-13(20-10)21(18,19)17-12-7-9(15)3-5-11(12)14/h3-7,16-17H,2,8H2,1H3. The van der Waals surface area contributed by atoms with Gasteiger partial charge in [0.05, 0.1) is 17.3 Å². The van der Waals surface area contributed by atoms with Gasteiger partial charge in [-0.3, -0.25) is 4.72 Å². The molecule has 1 heterocycles. The van der Waals surface area contributed by atoms with E-state index in [0.717, 1.165) is 18.7 Å². The Balaban J connectivity index is 2.22. The van der Waals surface area contributed by atoms with Crippen molar-refractivity contribution in [3.8, 4) is 0 Å². The molecule has 0 atom stereocenters. The highest BCUT2D eigenvalue weighted by Crippen LogP contribution is 2.26. The molecule has 0 unspecified atom stereocenters. The number of hydrogen-bond acceptors (Lipinski definition) is 4. The van der Waals surface area contributed by atoms with Crippen LogP contribution in [0, 0.1) is 5.82 Å². The van der Waals surface area contributed by atoms with Crippen molar-refractivity contribution in [2.45, 2.75) is 18.6 Å². The van der Waals surface area contributed by atoms with E-state index in [4.69, 9.17) is 16.0 Å². The van der Waals surface area contributed by atoms with Crippen LogP contribution in [0.4, 0.5) is 10.1 Å². The van der Waals surface area contributed by atoms with E-state index in [1.807, 2.05) is 6.92 Å². The van der Waals surface area contributed by atoms with Gasteiger partial charge >= 0.3 is 0 Å². The highest BCUT2D eigenvalue weighted by molar-refractivity contribution is 7.92. The number of benzene rings is 1. The number of halogens is 2. The first-order valence-electron chi connectivity index (χ1n) is 6.19. The van der Waals surface area contributed by atoms with E-state index < -0.39 is 15.8 Å². The van der Waals surface area contributed by atoms with Gasteiger partial charge in [0.1, 0.15) is 11.6 Å². The van der Waals surface area contributed by atoms with Crippen LogP contribution in [-0.2, 0) is 16.6 Å². The normalized spacial score (nSPS) is 11.6. The smallest absolute Gasteiger partial charge is 0.295 e. The van der Waals surface area contributed by atoms with Gasteiger partial charge in [0.2, 0.25) is 5.09 Å². The molecule has 2 aromatic rings. The third-order valence-electron chi connectivity index (χ3n) is 2.62. The van der Waals surface area contributed by atoms with Crippen molar-refractivity contribution in [1.82, 2.24) is 5.32 Å². The lowest BCUT2D eigenvalue weighted by Crippen LogP contribution is -2.13. The van der Waals surface area contributed by atoms with Gasteiger partial charge in [-0.25, -0.2) is 4.39 Å². The van der Waals surface area contributed by atoms with Crippen molar-refractivity contribution >= 4 is 27.3 Å². The third-order valence-corrected chi connectivity index (χ3v) is 4.19. The van der Waals surface area contributed by atoms with Gasteiger partial charge in [-0.2, -0.15) is 8.42 Å². The number of sulfonamides is 1. The van der Waals surface area contributed by atoms with Gasteiger partial charge in [0, 0.05) is 0 Å². The summed E-state index contributed by atoms with van der Waals surface area (Å²) >= 11 is 5.83. The Morgan fingerprint density at radius 1 is 1.29 bits per heavy atom. The highest BCUT2D eigenvalue weighted by Gasteiger charge is 2.20. The lowest BCUT2D eigenvalue weighted by atomic mass is 10.3. The molecule has 2 rings (SSSR count). The van der Waals surface area contributed by atoms with Gasteiger partial charge < -0.3 is 9.73 Å². The summed E-state index contributed by atoms with van der Waals surface area (Å²) in [5.74, 6) is -0.105. The van der Waals surface area contributed by atoms with Gasteiger partial charge in [-0.05, 0) is 36.9 Å². The molecular weight excluding hydrogens is 319 g/mol. The Bertz CT molecular complexity index is 731. The van der Waals surface area contributed by atoms with E-state index in [9.17, 15) is 12.8 Å². The minimum atomic E-state index is -3.95. The molecule has 21 heavy (non-hydrogen) atoms. The lowest BCUT2D eigenvalue weighted by molar-refractivity contribution is 0.405. The van der Waals surface area contributed by atoms with Crippen molar-refractivity contribution in [1.29, 1.82) is 0 Å². The second-order valence-corrected chi connectivity index (χ2v) is 6.25. The molecule has 0 spiro atoms. The summed E-state index contributed by atoms with van der Waals surface area (Å²) in [5, 5.41) is 2.86. The number of furan rings is 1. The van der Waals surface area contributed by atoms with E-state index in [0.29, 0.717) is 12.3 Å². The quantitative estimate of drug-likeness (QED) is 0.853. The Hall–Kier alpha value is -1.57. The molecule has 0 saturated carbocycles. The Kier molecular flexibility index (Phi) is 4.87. The fourth-order valence-electron chi connectivity index (χ4n) is 1.62. The van der Waals surface area contributed by atoms with Gasteiger partial charge in [-0.1, -0.05) is 18.5 Å². The number of hydrogen-bond donors (Lipinski definition) is 2. The van der Waals surface area contributed by atoms with Gasteiger partial charge in [0.25, 0.3) is 10.0 Å². The van der Waals surface area contributed by atoms with E-state index in [-0.39, 0.29) is 15.8 Å². The van der Waals surface area contributed by atoms with Crippen LogP contribution in [0.15, 0.2) is 39.8 Å². The first-order chi connectivity index (χ1) is 9.92. The molecular formula is C13H14ClFN2O3S. The van der Waals surface area contributed by atoms with Crippen LogP contribution >= 0.6 is 11.6 Å². The maximum Gasteiger partial charge on any atom is 0.295 e. The molecule has 1 aromatic heterocycles. The molecule has 0 bridgehead atoms. The van der Waals surface area contributed by atoms with Crippen LogP contribution in [0.3, 0.4) is 0 Å². The average Bonchev–Trinajstić information content (AvgIpc) is 2.90. The zero-order chi connectivity index (χ0) is 15.5. The first kappa shape index (κ1) is 15.8. The summed E-state index contributed by atoms with van der Waals surface area (Å²) in [6.45, 7) is 3.08. The van der Waals surface area contributed by atoms with E-state index in [1.165, 1.54) is 12.1 Å². The van der Waals surface area contributed by atoms with Crippen molar-refractivity contribution < 1.29 is 17.2 Å². The molecule has 0 aliphatic rings. The summed E-state index contributed by atoms with van der Waals surface area (Å²) < 4.78 is 44.9. The van der Waals surface area contributed by atoms with Crippen molar-refractivity contribution in [3.63, 3.8) is 0 Å². The lowest BCUT2D eigenvalue weighted by Gasteiger charge is -2.07. The molecule has 0 aliphatic heterocycles. The van der Waals surface area contributed by atoms with Crippen LogP contribution < -0.4 is 10.0 Å². The van der Waals surface area contributed by atoms with E-state index >= 15 is 0 Å². The summed E-state index contributed by atoms with van der Waals surface area (Å²) in [6.07, 6.45) is 0. The molecule has 5 nitrogen and oxygen atoms in total. The largest absolute Gasteiger partial charge is 0.446 e. The number of anilines is 1. The minimum absolute atomic E-state index is 0.0405. The van der Waals surface area contributed by atoms with Crippen LogP contribution in [0.5, 0.6) is 0 Å². The van der Waals surface area contributed by atoms with Crippen molar-refractivity contribution in [3.05, 3.63) is 46.9 Å². The fourth-order valence-corrected chi connectivity index (χ4v) is 2.86. The monoisotopic (exact) mass is 332 g/mol. The van der Waals surface area contributed by atoms with Crippen LogP contribution in [0.25, 0.3) is 0 Å². The molecule has 1 aromatic carbocycles. The topological polar surface area (TPSA) is 71.3 Å². The molecule has 114 valence electrons. The molecule has 0 radical (unpaired) electrons. The second-order valence-electron chi connectivity index (χ2n) is 4.23. The summed E-state index contributed by atoms with van der Waals surface area (Å²) in [4.78, 5) is 0. The fraction of sp³-hybridized carbons (Fsp3) is 0.231. The summed E-state index contributed by atoms with van der Waals surface area (Å²) in [7, 11) is -3.95. The summed E-state index contributed by atoms with van der Waals surface area (Å²) in [6, 6.07) is 6.31. The maximum atomic E-state index is 13.1. The minimum Gasteiger partial charge on any atom is -0.446 e. The SMILES string of the molecule is CCNCc1ccc(S(=O)(=O)Nc2cc(F)ccc2Cl)o1. The molecule has 0 fully saturated rings. The van der Waals surface area contributed by atoms with Gasteiger partial charge in [0.15, 0.2) is 0 Å². The maximum absolute atomic E-state index is 13.1. The predicted molar refractivity (Wildman–Crippen MR) is 78.3 cm³/mol. The molecule has 0 amide bonds. The zero-order valence-electron chi connectivity index (χ0n) is 11.2. The zero-order valence-corrected chi connectivity index (χ0v) is 12.8. The van der Waals surface area contributed by atoms with E-state index in [2.05, 4.69) is 10.0 Å². The highest BCUT2D eigenvalue weighted by atomic mass is 35.5. The Labute approximate surface area is 127 Å². The van der Waals surface area contributed by atoms with Crippen LogP contribution in [0.2, 0.25) is 5.02 Å². The average molecular weight is 333 g/mol. The summed E-state index contributed by atoms with van der Waals surface area (Å²) in [5.41, 5.74) is -0.0405. The molecule has 0 saturated heterocycles. The van der Waals surface area contributed by atoms with Gasteiger partial charge in [-0.15, -0.1) is 0 Å². The molecule has 8 heteroatoms. The van der Waals surface area contributed by atoms with Crippen LogP contribution in [0.1, 0.15) is 12.7 Å². The third kappa shape index (κ3) is 3.96. The molecule has 0 aliphatic carbocycles. The predicted octanol–water partition coefficient (Wildman–Crippen LogP) is 2.98. The second kappa shape index (κ2) is 6.46. The Morgan fingerprint density at radius 2 is 2.05 bits per heavy atom. The molecule has 2 N–H and O–H groups in total. The first-order valence-corrected chi connectivity index (χ1v) is 8.06.